The molecule has 16 heavy (non-hydrogen) atoms. The third-order valence-electron chi connectivity index (χ3n) is 3.24. The van der Waals surface area contributed by atoms with E-state index in [1.165, 1.54) is 0 Å². The van der Waals surface area contributed by atoms with Crippen molar-refractivity contribution in [1.82, 2.24) is 0 Å². The molecule has 1 aromatic rings. The summed E-state index contributed by atoms with van der Waals surface area (Å²) in [5, 5.41) is 10.4. The number of rotatable bonds is 4. The highest BCUT2D eigenvalue weighted by molar-refractivity contribution is 9.11. The number of hydrogen-bond donors (Lipinski definition) is 1. The van der Waals surface area contributed by atoms with E-state index in [-0.39, 0.29) is 0 Å². The van der Waals surface area contributed by atoms with Crippen molar-refractivity contribution < 1.29 is 9.90 Å². The average molecular weight is 304 g/mol. The minimum Gasteiger partial charge on any atom is -0.481 e. The molecule has 1 saturated carbocycles. The minimum atomic E-state index is -0.652. The van der Waals surface area contributed by atoms with E-state index in [2.05, 4.69) is 15.9 Å². The number of hydrogen-bond acceptors (Lipinski definition) is 3. The van der Waals surface area contributed by atoms with Crippen molar-refractivity contribution in [2.45, 2.75) is 19.3 Å². The van der Waals surface area contributed by atoms with Gasteiger partial charge in [-0.3, -0.25) is 4.79 Å². The summed E-state index contributed by atoms with van der Waals surface area (Å²) in [6.07, 6.45) is 2.65. The van der Waals surface area contributed by atoms with Crippen molar-refractivity contribution in [2.75, 3.05) is 18.5 Å². The van der Waals surface area contributed by atoms with Gasteiger partial charge in [0.25, 0.3) is 0 Å². The number of nitrogens with zero attached hydrogens (tertiary/aromatic N) is 1. The summed E-state index contributed by atoms with van der Waals surface area (Å²) in [4.78, 5) is 13.3. The van der Waals surface area contributed by atoms with E-state index in [9.17, 15) is 9.90 Å². The van der Waals surface area contributed by atoms with Gasteiger partial charge in [0, 0.05) is 13.6 Å². The van der Waals surface area contributed by atoms with Crippen LogP contribution in [0, 0.1) is 5.41 Å². The van der Waals surface area contributed by atoms with Gasteiger partial charge < -0.3 is 10.0 Å². The molecule has 0 spiro atoms. The summed E-state index contributed by atoms with van der Waals surface area (Å²) in [6, 6.07) is 4.01. The third kappa shape index (κ3) is 2.11. The molecule has 1 aliphatic carbocycles. The summed E-state index contributed by atoms with van der Waals surface area (Å²) in [6.45, 7) is 0.606. The topological polar surface area (TPSA) is 40.5 Å². The fourth-order valence-electron chi connectivity index (χ4n) is 2.08. The monoisotopic (exact) mass is 303 g/mol. The zero-order valence-electron chi connectivity index (χ0n) is 9.07. The van der Waals surface area contributed by atoms with Gasteiger partial charge in [-0.1, -0.05) is 6.42 Å². The van der Waals surface area contributed by atoms with Crippen LogP contribution in [0.4, 0.5) is 5.00 Å². The largest absolute Gasteiger partial charge is 0.481 e. The van der Waals surface area contributed by atoms with Gasteiger partial charge in [-0.25, -0.2) is 0 Å². The molecule has 0 radical (unpaired) electrons. The van der Waals surface area contributed by atoms with Crippen LogP contribution in [0.15, 0.2) is 15.9 Å². The Kier molecular flexibility index (Phi) is 3.26. The zero-order chi connectivity index (χ0) is 11.8. The molecule has 0 aromatic carbocycles. The Hall–Kier alpha value is -0.550. The highest BCUT2D eigenvalue weighted by Crippen LogP contribution is 2.43. The van der Waals surface area contributed by atoms with Gasteiger partial charge in [0.2, 0.25) is 0 Å². The van der Waals surface area contributed by atoms with E-state index in [1.807, 2.05) is 24.1 Å². The van der Waals surface area contributed by atoms with Crippen LogP contribution in [-0.2, 0) is 4.79 Å². The van der Waals surface area contributed by atoms with Gasteiger partial charge in [-0.15, -0.1) is 11.3 Å². The maximum atomic E-state index is 11.2. The van der Waals surface area contributed by atoms with E-state index in [0.717, 1.165) is 28.0 Å². The normalized spacial score (nSPS) is 17.9. The quantitative estimate of drug-likeness (QED) is 0.928. The van der Waals surface area contributed by atoms with Gasteiger partial charge in [-0.05, 0) is 40.9 Å². The highest BCUT2D eigenvalue weighted by atomic mass is 79.9. The smallest absolute Gasteiger partial charge is 0.311 e. The highest BCUT2D eigenvalue weighted by Gasteiger charge is 2.45. The van der Waals surface area contributed by atoms with Crippen LogP contribution in [0.2, 0.25) is 0 Å². The molecule has 0 unspecified atom stereocenters. The lowest BCUT2D eigenvalue weighted by Gasteiger charge is -2.40. The lowest BCUT2D eigenvalue weighted by molar-refractivity contribution is -0.153. The maximum absolute atomic E-state index is 11.2. The van der Waals surface area contributed by atoms with Crippen LogP contribution in [-0.4, -0.2) is 24.7 Å². The summed E-state index contributed by atoms with van der Waals surface area (Å²) >= 11 is 5.05. The first-order valence-corrected chi connectivity index (χ1v) is 6.84. The van der Waals surface area contributed by atoms with Crippen molar-refractivity contribution in [1.29, 1.82) is 0 Å². The van der Waals surface area contributed by atoms with Gasteiger partial charge in [-0.2, -0.15) is 0 Å². The molecule has 5 heteroatoms. The van der Waals surface area contributed by atoms with Gasteiger partial charge in [0.15, 0.2) is 0 Å². The van der Waals surface area contributed by atoms with Crippen LogP contribution in [0.25, 0.3) is 0 Å². The van der Waals surface area contributed by atoms with Crippen LogP contribution in [0.3, 0.4) is 0 Å². The second kappa shape index (κ2) is 4.37. The summed E-state index contributed by atoms with van der Waals surface area (Å²) < 4.78 is 1.08. The lowest BCUT2D eigenvalue weighted by Crippen LogP contribution is -2.46. The first-order valence-electron chi connectivity index (χ1n) is 5.23. The van der Waals surface area contributed by atoms with E-state index in [4.69, 9.17) is 0 Å². The van der Waals surface area contributed by atoms with E-state index in [1.54, 1.807) is 11.3 Å². The van der Waals surface area contributed by atoms with Crippen molar-refractivity contribution in [3.8, 4) is 0 Å². The number of thiophene rings is 1. The molecule has 0 aliphatic heterocycles. The molecule has 1 fully saturated rings. The second-order valence-corrected chi connectivity index (χ2v) is 6.81. The number of halogens is 1. The summed E-state index contributed by atoms with van der Waals surface area (Å²) in [5.41, 5.74) is -0.509. The summed E-state index contributed by atoms with van der Waals surface area (Å²) in [7, 11) is 1.96. The van der Waals surface area contributed by atoms with Crippen LogP contribution >= 0.6 is 27.3 Å². The predicted octanol–water partition coefficient (Wildman–Crippen LogP) is 3.20. The Balaban J connectivity index is 2.06. The number of carboxylic acid groups (broad SMARTS) is 1. The molecule has 0 saturated heterocycles. The molecule has 2 rings (SSSR count). The first kappa shape index (κ1) is 11.9. The molecule has 88 valence electrons. The first-order chi connectivity index (χ1) is 7.53. The number of anilines is 1. The Morgan fingerprint density at radius 2 is 2.31 bits per heavy atom. The van der Waals surface area contributed by atoms with E-state index in [0.29, 0.717) is 6.54 Å². The van der Waals surface area contributed by atoms with Crippen molar-refractivity contribution in [3.63, 3.8) is 0 Å². The van der Waals surface area contributed by atoms with Gasteiger partial charge >= 0.3 is 5.97 Å². The number of carbonyl (C=O) groups is 1. The van der Waals surface area contributed by atoms with Crippen LogP contribution < -0.4 is 4.90 Å². The Bertz CT molecular complexity index is 400. The lowest BCUT2D eigenvalue weighted by atomic mass is 9.68. The fourth-order valence-corrected chi connectivity index (χ4v) is 3.41. The third-order valence-corrected chi connectivity index (χ3v) is 4.98. The number of aliphatic carboxylic acids is 1. The van der Waals surface area contributed by atoms with E-state index < -0.39 is 11.4 Å². The predicted molar refractivity (Wildman–Crippen MR) is 69.2 cm³/mol. The van der Waals surface area contributed by atoms with Crippen molar-refractivity contribution >= 4 is 38.2 Å². The molecule has 0 bridgehead atoms. The molecule has 3 nitrogen and oxygen atoms in total. The Morgan fingerprint density at radius 3 is 2.69 bits per heavy atom. The SMILES string of the molecule is CN(CC1(C(=O)O)CCC1)c1ccc(Br)s1. The molecule has 1 aromatic heterocycles. The summed E-state index contributed by atoms with van der Waals surface area (Å²) in [5.74, 6) is -0.652. The Labute approximate surface area is 107 Å². The molecule has 1 heterocycles. The van der Waals surface area contributed by atoms with Crippen LogP contribution in [0.1, 0.15) is 19.3 Å². The number of carboxylic acids is 1. The maximum Gasteiger partial charge on any atom is 0.311 e. The molecule has 0 atom stereocenters. The molecule has 0 amide bonds. The van der Waals surface area contributed by atoms with Crippen molar-refractivity contribution in [3.05, 3.63) is 15.9 Å². The Morgan fingerprint density at radius 1 is 1.62 bits per heavy atom. The minimum absolute atomic E-state index is 0.509. The second-order valence-electron chi connectivity index (χ2n) is 4.37. The van der Waals surface area contributed by atoms with Crippen molar-refractivity contribution in [2.24, 2.45) is 5.41 Å². The van der Waals surface area contributed by atoms with E-state index >= 15 is 0 Å². The van der Waals surface area contributed by atoms with Crippen LogP contribution in [0.5, 0.6) is 0 Å². The molecular weight excluding hydrogens is 290 g/mol. The average Bonchev–Trinajstić information content (AvgIpc) is 2.57. The molecule has 1 N–H and O–H groups in total. The molecule has 1 aliphatic rings. The van der Waals surface area contributed by atoms with Gasteiger partial charge in [0.05, 0.1) is 14.2 Å². The fraction of sp³-hybridized carbons (Fsp3) is 0.545. The zero-order valence-corrected chi connectivity index (χ0v) is 11.5. The van der Waals surface area contributed by atoms with Gasteiger partial charge in [0.1, 0.15) is 0 Å². The molecular formula is C11H14BrNO2S. The standard InChI is InChI=1S/C11H14BrNO2S/c1-13(9-4-3-8(12)16-9)7-11(10(14)15)5-2-6-11/h3-4H,2,5-7H2,1H3,(H,14,15).